The van der Waals surface area contributed by atoms with Gasteiger partial charge in [-0.05, 0) is 12.1 Å². The van der Waals surface area contributed by atoms with E-state index in [2.05, 4.69) is 5.16 Å². The molecule has 0 radical (unpaired) electrons. The average molecular weight is 271 g/mol. The summed E-state index contributed by atoms with van der Waals surface area (Å²) in [6, 6.07) is 15.5. The van der Waals surface area contributed by atoms with Crippen LogP contribution >= 0.6 is 0 Å². The molecule has 0 fully saturated rings. The SMILES string of the molecule is NCO/N=C(\c1ccccc1)c1ccc([N+](=O)[O-])cc1. The summed E-state index contributed by atoms with van der Waals surface area (Å²) in [5.41, 5.74) is 7.44. The van der Waals surface area contributed by atoms with E-state index in [1.165, 1.54) is 12.1 Å². The van der Waals surface area contributed by atoms with Crippen molar-refractivity contribution >= 4 is 11.4 Å². The molecule has 2 N–H and O–H groups in total. The van der Waals surface area contributed by atoms with Gasteiger partial charge in [-0.15, -0.1) is 0 Å². The fourth-order valence-corrected chi connectivity index (χ4v) is 1.71. The molecule has 0 atom stereocenters. The Morgan fingerprint density at radius 2 is 1.70 bits per heavy atom. The van der Waals surface area contributed by atoms with Gasteiger partial charge in [-0.3, -0.25) is 15.8 Å². The minimum atomic E-state index is -0.445. The lowest BCUT2D eigenvalue weighted by Crippen LogP contribution is -2.07. The van der Waals surface area contributed by atoms with E-state index in [1.54, 1.807) is 12.1 Å². The van der Waals surface area contributed by atoms with E-state index >= 15 is 0 Å². The molecule has 0 aromatic heterocycles. The first-order valence-corrected chi connectivity index (χ1v) is 5.92. The summed E-state index contributed by atoms with van der Waals surface area (Å²) in [6.45, 7) is -0.0384. The van der Waals surface area contributed by atoms with Gasteiger partial charge in [0.2, 0.25) is 0 Å². The number of benzene rings is 2. The van der Waals surface area contributed by atoms with Gasteiger partial charge in [0.05, 0.1) is 4.92 Å². The fourth-order valence-electron chi connectivity index (χ4n) is 1.71. The van der Waals surface area contributed by atoms with E-state index in [9.17, 15) is 10.1 Å². The minimum Gasteiger partial charge on any atom is -0.380 e. The van der Waals surface area contributed by atoms with Crippen molar-refractivity contribution < 1.29 is 9.76 Å². The summed E-state index contributed by atoms with van der Waals surface area (Å²) in [7, 11) is 0. The Morgan fingerprint density at radius 3 is 2.25 bits per heavy atom. The van der Waals surface area contributed by atoms with E-state index in [1.807, 2.05) is 30.3 Å². The molecule has 0 unspecified atom stereocenters. The number of nitro groups is 1. The Hall–Kier alpha value is -2.73. The molecule has 0 aliphatic rings. The second kappa shape index (κ2) is 6.44. The van der Waals surface area contributed by atoms with Crippen LogP contribution in [0.25, 0.3) is 0 Å². The normalized spacial score (nSPS) is 11.2. The summed E-state index contributed by atoms with van der Waals surface area (Å²) >= 11 is 0. The molecule has 2 rings (SSSR count). The van der Waals surface area contributed by atoms with E-state index in [4.69, 9.17) is 10.6 Å². The van der Waals surface area contributed by atoms with Crippen LogP contribution in [-0.4, -0.2) is 17.4 Å². The van der Waals surface area contributed by atoms with Gasteiger partial charge in [-0.2, -0.15) is 0 Å². The van der Waals surface area contributed by atoms with Crippen LogP contribution in [0.15, 0.2) is 59.8 Å². The van der Waals surface area contributed by atoms with Gasteiger partial charge in [0.15, 0.2) is 6.73 Å². The largest absolute Gasteiger partial charge is 0.380 e. The number of non-ortho nitro benzene ring substituents is 1. The quantitative estimate of drug-likeness (QED) is 0.391. The Bertz CT molecular complexity index is 609. The van der Waals surface area contributed by atoms with Crippen molar-refractivity contribution in [2.24, 2.45) is 10.9 Å². The monoisotopic (exact) mass is 271 g/mol. The van der Waals surface area contributed by atoms with Gasteiger partial charge in [0, 0.05) is 23.3 Å². The Balaban J connectivity index is 2.39. The van der Waals surface area contributed by atoms with Crippen LogP contribution in [0.4, 0.5) is 5.69 Å². The van der Waals surface area contributed by atoms with Crippen molar-refractivity contribution in [3.63, 3.8) is 0 Å². The number of hydrogen-bond donors (Lipinski definition) is 1. The van der Waals surface area contributed by atoms with Crippen molar-refractivity contribution in [3.8, 4) is 0 Å². The van der Waals surface area contributed by atoms with Crippen molar-refractivity contribution in [1.29, 1.82) is 0 Å². The zero-order chi connectivity index (χ0) is 14.4. The smallest absolute Gasteiger partial charge is 0.269 e. The van der Waals surface area contributed by atoms with E-state index in [-0.39, 0.29) is 12.4 Å². The molecule has 0 amide bonds. The number of nitro benzene ring substituents is 1. The molecule has 102 valence electrons. The van der Waals surface area contributed by atoms with Gasteiger partial charge in [0.25, 0.3) is 5.69 Å². The fraction of sp³-hybridized carbons (Fsp3) is 0.0714. The van der Waals surface area contributed by atoms with Gasteiger partial charge < -0.3 is 4.84 Å². The zero-order valence-electron chi connectivity index (χ0n) is 10.6. The van der Waals surface area contributed by atoms with Crippen LogP contribution in [0.5, 0.6) is 0 Å². The second-order valence-electron chi connectivity index (χ2n) is 3.91. The first kappa shape index (κ1) is 13.7. The highest BCUT2D eigenvalue weighted by Gasteiger charge is 2.10. The maximum Gasteiger partial charge on any atom is 0.269 e. The standard InChI is InChI=1S/C14H13N3O3/c15-10-20-16-14(11-4-2-1-3-5-11)12-6-8-13(9-7-12)17(18)19/h1-9H,10,15H2/b16-14+. The molecule has 0 aliphatic carbocycles. The lowest BCUT2D eigenvalue weighted by atomic mass is 10.0. The van der Waals surface area contributed by atoms with Crippen LogP contribution in [0, 0.1) is 10.1 Å². The van der Waals surface area contributed by atoms with Crippen LogP contribution in [0.1, 0.15) is 11.1 Å². The van der Waals surface area contributed by atoms with E-state index in [0.717, 1.165) is 11.1 Å². The maximum atomic E-state index is 10.7. The maximum absolute atomic E-state index is 10.7. The van der Waals surface area contributed by atoms with E-state index < -0.39 is 4.92 Å². The average Bonchev–Trinajstić information content (AvgIpc) is 2.49. The lowest BCUT2D eigenvalue weighted by Gasteiger charge is -2.06. The first-order chi connectivity index (χ1) is 9.72. The minimum absolute atomic E-state index is 0.0286. The van der Waals surface area contributed by atoms with E-state index in [0.29, 0.717) is 5.71 Å². The molecule has 0 spiro atoms. The zero-order valence-corrected chi connectivity index (χ0v) is 10.6. The van der Waals surface area contributed by atoms with Gasteiger partial charge in [-0.25, -0.2) is 0 Å². The first-order valence-electron chi connectivity index (χ1n) is 5.92. The molecule has 6 heteroatoms. The van der Waals surface area contributed by atoms with Crippen molar-refractivity contribution in [2.45, 2.75) is 0 Å². The van der Waals surface area contributed by atoms with Crippen LogP contribution in [0.3, 0.4) is 0 Å². The van der Waals surface area contributed by atoms with Crippen LogP contribution < -0.4 is 5.73 Å². The molecule has 20 heavy (non-hydrogen) atoms. The summed E-state index contributed by atoms with van der Waals surface area (Å²) in [5, 5.41) is 14.6. The van der Waals surface area contributed by atoms with Crippen molar-refractivity contribution in [1.82, 2.24) is 0 Å². The third-order valence-electron chi connectivity index (χ3n) is 2.63. The predicted octanol–water partition coefficient (Wildman–Crippen LogP) is 2.28. The summed E-state index contributed by atoms with van der Waals surface area (Å²) < 4.78 is 0. The number of nitrogens with zero attached hydrogens (tertiary/aromatic N) is 2. The van der Waals surface area contributed by atoms with Gasteiger partial charge >= 0.3 is 0 Å². The predicted molar refractivity (Wildman–Crippen MR) is 75.3 cm³/mol. The Labute approximate surface area is 115 Å². The number of hydrogen-bond acceptors (Lipinski definition) is 5. The highest BCUT2D eigenvalue weighted by atomic mass is 16.6. The van der Waals surface area contributed by atoms with Crippen LogP contribution in [0.2, 0.25) is 0 Å². The molecule has 2 aromatic carbocycles. The molecule has 6 nitrogen and oxygen atoms in total. The Kier molecular flexibility index (Phi) is 4.41. The highest BCUT2D eigenvalue weighted by Crippen LogP contribution is 2.16. The molecule has 0 bridgehead atoms. The number of rotatable bonds is 5. The molecule has 0 saturated heterocycles. The van der Waals surface area contributed by atoms with Crippen molar-refractivity contribution in [3.05, 3.63) is 75.8 Å². The number of nitrogens with two attached hydrogens (primary N) is 1. The summed E-state index contributed by atoms with van der Waals surface area (Å²) in [5.74, 6) is 0. The summed E-state index contributed by atoms with van der Waals surface area (Å²) in [4.78, 5) is 15.1. The molecule has 0 heterocycles. The van der Waals surface area contributed by atoms with Gasteiger partial charge in [0.1, 0.15) is 5.71 Å². The van der Waals surface area contributed by atoms with Crippen LogP contribution in [-0.2, 0) is 4.84 Å². The third kappa shape index (κ3) is 3.18. The summed E-state index contributed by atoms with van der Waals surface area (Å²) in [6.07, 6.45) is 0. The second-order valence-corrected chi connectivity index (χ2v) is 3.91. The molecule has 2 aromatic rings. The lowest BCUT2D eigenvalue weighted by molar-refractivity contribution is -0.384. The molecular weight excluding hydrogens is 258 g/mol. The van der Waals surface area contributed by atoms with Gasteiger partial charge in [-0.1, -0.05) is 35.5 Å². The molecular formula is C14H13N3O3. The third-order valence-corrected chi connectivity index (χ3v) is 2.63. The molecule has 0 aliphatic heterocycles. The highest BCUT2D eigenvalue weighted by molar-refractivity contribution is 6.12. The topological polar surface area (TPSA) is 90.8 Å². The molecule has 0 saturated carbocycles. The van der Waals surface area contributed by atoms with Crippen molar-refractivity contribution in [2.75, 3.05) is 6.73 Å². The Morgan fingerprint density at radius 1 is 1.10 bits per heavy atom. The number of oxime groups is 1.